The van der Waals surface area contributed by atoms with Gasteiger partial charge >= 0.3 is 0 Å². The number of carbonyl (C=O) groups is 1. The molecular formula is C17H16N2O3S2. The first-order valence-corrected chi connectivity index (χ1v) is 10.2. The second-order valence-corrected chi connectivity index (χ2v) is 8.78. The highest BCUT2D eigenvalue weighted by Gasteiger charge is 2.10. The first-order chi connectivity index (χ1) is 11.4. The summed E-state index contributed by atoms with van der Waals surface area (Å²) in [5, 5.41) is 3.66. The van der Waals surface area contributed by atoms with Crippen LogP contribution in [-0.2, 0) is 22.1 Å². The molecule has 3 aromatic rings. The van der Waals surface area contributed by atoms with E-state index in [2.05, 4.69) is 10.3 Å². The molecule has 0 aliphatic carbocycles. The lowest BCUT2D eigenvalue weighted by Crippen LogP contribution is -2.22. The Morgan fingerprint density at radius 1 is 1.17 bits per heavy atom. The third-order valence-corrected chi connectivity index (χ3v) is 5.25. The molecule has 1 heterocycles. The molecule has 5 nitrogen and oxygen atoms in total. The maximum absolute atomic E-state index is 12.3. The number of thiazole rings is 1. The average molecular weight is 360 g/mol. The quantitative estimate of drug-likeness (QED) is 0.759. The van der Waals surface area contributed by atoms with Crippen LogP contribution in [0.25, 0.3) is 10.2 Å². The molecular weight excluding hydrogens is 344 g/mol. The van der Waals surface area contributed by atoms with Gasteiger partial charge in [-0.3, -0.25) is 4.79 Å². The molecule has 1 amide bonds. The number of carbonyl (C=O) groups excluding carboxylic acids is 1. The molecule has 0 saturated heterocycles. The van der Waals surface area contributed by atoms with E-state index in [4.69, 9.17) is 0 Å². The molecule has 0 bridgehead atoms. The summed E-state index contributed by atoms with van der Waals surface area (Å²) < 4.78 is 23.8. The summed E-state index contributed by atoms with van der Waals surface area (Å²) in [5.74, 6) is -0.323. The van der Waals surface area contributed by atoms with Crippen molar-refractivity contribution < 1.29 is 13.2 Å². The number of nitrogens with zero attached hydrogens (tertiary/aromatic N) is 1. The van der Waals surface area contributed by atoms with E-state index in [-0.39, 0.29) is 11.7 Å². The van der Waals surface area contributed by atoms with Gasteiger partial charge in [0.2, 0.25) is 0 Å². The summed E-state index contributed by atoms with van der Waals surface area (Å²) >= 11 is 1.54. The lowest BCUT2D eigenvalue weighted by atomic mass is 10.1. The van der Waals surface area contributed by atoms with E-state index < -0.39 is 9.84 Å². The van der Waals surface area contributed by atoms with Gasteiger partial charge in [-0.1, -0.05) is 24.3 Å². The molecule has 0 atom stereocenters. The number of hydrogen-bond donors (Lipinski definition) is 1. The minimum absolute atomic E-state index is 0.0774. The number of benzene rings is 2. The van der Waals surface area contributed by atoms with Crippen LogP contribution in [0.3, 0.4) is 0 Å². The molecule has 1 aromatic heterocycles. The second kappa shape index (κ2) is 6.70. The molecule has 0 unspecified atom stereocenters. The highest BCUT2D eigenvalue weighted by molar-refractivity contribution is 7.89. The van der Waals surface area contributed by atoms with Crippen molar-refractivity contribution in [1.29, 1.82) is 0 Å². The number of rotatable bonds is 5. The standard InChI is InChI=1S/C17H16N2O3S2/c1-24(21,22)11-12-5-4-6-13(9-12)17(20)18-10-16-19-14-7-2-3-8-15(14)23-16/h2-9H,10-11H2,1H3,(H,18,20). The number of hydrogen-bond acceptors (Lipinski definition) is 5. The van der Waals surface area contributed by atoms with Crippen molar-refractivity contribution >= 4 is 37.3 Å². The predicted molar refractivity (Wildman–Crippen MR) is 95.8 cm³/mol. The van der Waals surface area contributed by atoms with Crippen molar-refractivity contribution in [3.8, 4) is 0 Å². The van der Waals surface area contributed by atoms with Gasteiger partial charge in [0.1, 0.15) is 5.01 Å². The van der Waals surface area contributed by atoms with E-state index in [9.17, 15) is 13.2 Å². The molecule has 0 aliphatic rings. The van der Waals surface area contributed by atoms with Crippen LogP contribution in [-0.4, -0.2) is 25.6 Å². The fraction of sp³-hybridized carbons (Fsp3) is 0.176. The van der Waals surface area contributed by atoms with Crippen molar-refractivity contribution in [1.82, 2.24) is 10.3 Å². The average Bonchev–Trinajstić information content (AvgIpc) is 2.94. The number of fused-ring (bicyclic) bond motifs is 1. The molecule has 1 N–H and O–H groups in total. The van der Waals surface area contributed by atoms with E-state index in [0.29, 0.717) is 17.7 Å². The maximum atomic E-state index is 12.3. The largest absolute Gasteiger partial charge is 0.346 e. The molecule has 0 saturated carbocycles. The Labute approximate surface area is 144 Å². The van der Waals surface area contributed by atoms with Crippen molar-refractivity contribution in [2.75, 3.05) is 6.26 Å². The normalized spacial score (nSPS) is 11.5. The third-order valence-electron chi connectivity index (χ3n) is 3.36. The van der Waals surface area contributed by atoms with Gasteiger partial charge in [0.15, 0.2) is 9.84 Å². The highest BCUT2D eigenvalue weighted by Crippen LogP contribution is 2.21. The van der Waals surface area contributed by atoms with Crippen LogP contribution in [0.15, 0.2) is 48.5 Å². The number of aromatic nitrogens is 1. The van der Waals surface area contributed by atoms with Gasteiger partial charge in [-0.05, 0) is 29.8 Å². The summed E-state index contributed by atoms with van der Waals surface area (Å²) in [6.07, 6.45) is 1.17. The predicted octanol–water partition coefficient (Wildman–Crippen LogP) is 2.77. The molecule has 0 fully saturated rings. The van der Waals surface area contributed by atoms with Crippen LogP contribution < -0.4 is 5.32 Å². The molecule has 0 spiro atoms. The molecule has 7 heteroatoms. The fourth-order valence-electron chi connectivity index (χ4n) is 2.36. The number of para-hydroxylation sites is 1. The van der Waals surface area contributed by atoms with E-state index in [0.717, 1.165) is 15.2 Å². The fourth-order valence-corrected chi connectivity index (χ4v) is 4.05. The van der Waals surface area contributed by atoms with Gasteiger partial charge in [-0.2, -0.15) is 0 Å². The van der Waals surface area contributed by atoms with Crippen LogP contribution in [0.5, 0.6) is 0 Å². The van der Waals surface area contributed by atoms with Crippen LogP contribution in [0.4, 0.5) is 0 Å². The van der Waals surface area contributed by atoms with E-state index in [1.54, 1.807) is 35.6 Å². The zero-order valence-corrected chi connectivity index (χ0v) is 14.7. The van der Waals surface area contributed by atoms with E-state index >= 15 is 0 Å². The molecule has 124 valence electrons. The van der Waals surface area contributed by atoms with Gasteiger partial charge in [0, 0.05) is 11.8 Å². The number of nitrogens with one attached hydrogen (secondary N) is 1. The third kappa shape index (κ3) is 4.18. The molecule has 0 aliphatic heterocycles. The SMILES string of the molecule is CS(=O)(=O)Cc1cccc(C(=O)NCc2nc3ccccc3s2)c1. The Morgan fingerprint density at radius 2 is 1.96 bits per heavy atom. The lowest BCUT2D eigenvalue weighted by Gasteiger charge is -2.05. The van der Waals surface area contributed by atoms with Gasteiger partial charge < -0.3 is 5.32 Å². The zero-order valence-electron chi connectivity index (χ0n) is 13.0. The zero-order chi connectivity index (χ0) is 17.2. The summed E-state index contributed by atoms with van der Waals surface area (Å²) in [7, 11) is -3.13. The summed E-state index contributed by atoms with van der Waals surface area (Å²) in [4.78, 5) is 16.7. The minimum atomic E-state index is -3.13. The van der Waals surface area contributed by atoms with Gasteiger partial charge in [-0.15, -0.1) is 11.3 Å². The lowest BCUT2D eigenvalue weighted by molar-refractivity contribution is 0.0950. The van der Waals surface area contributed by atoms with Crippen LogP contribution >= 0.6 is 11.3 Å². The molecule has 3 rings (SSSR count). The molecule has 24 heavy (non-hydrogen) atoms. The van der Waals surface area contributed by atoms with Crippen LogP contribution in [0.1, 0.15) is 20.9 Å². The Morgan fingerprint density at radius 3 is 2.71 bits per heavy atom. The Kier molecular flexibility index (Phi) is 4.64. The minimum Gasteiger partial charge on any atom is -0.346 e. The summed E-state index contributed by atoms with van der Waals surface area (Å²) in [5.41, 5.74) is 1.96. The first kappa shape index (κ1) is 16.6. The second-order valence-electron chi connectivity index (χ2n) is 5.53. The van der Waals surface area contributed by atoms with Crippen molar-refractivity contribution in [2.24, 2.45) is 0 Å². The van der Waals surface area contributed by atoms with Crippen LogP contribution in [0.2, 0.25) is 0 Å². The Balaban J connectivity index is 1.69. The molecule has 0 radical (unpaired) electrons. The molecule has 2 aromatic carbocycles. The monoisotopic (exact) mass is 360 g/mol. The van der Waals surface area contributed by atoms with Crippen molar-refractivity contribution in [3.05, 3.63) is 64.7 Å². The Hall–Kier alpha value is -2.25. The number of amides is 1. The number of sulfone groups is 1. The first-order valence-electron chi connectivity index (χ1n) is 7.30. The maximum Gasteiger partial charge on any atom is 0.251 e. The van der Waals surface area contributed by atoms with Gasteiger partial charge in [0.25, 0.3) is 5.91 Å². The van der Waals surface area contributed by atoms with Gasteiger partial charge in [-0.25, -0.2) is 13.4 Å². The Bertz CT molecular complexity index is 961. The van der Waals surface area contributed by atoms with Crippen molar-refractivity contribution in [2.45, 2.75) is 12.3 Å². The van der Waals surface area contributed by atoms with E-state index in [1.165, 1.54) is 6.26 Å². The topological polar surface area (TPSA) is 76.1 Å². The van der Waals surface area contributed by atoms with Crippen molar-refractivity contribution in [3.63, 3.8) is 0 Å². The summed E-state index contributed by atoms with van der Waals surface area (Å²) in [6.45, 7) is 0.342. The van der Waals surface area contributed by atoms with E-state index in [1.807, 2.05) is 24.3 Å². The smallest absolute Gasteiger partial charge is 0.251 e. The van der Waals surface area contributed by atoms with Gasteiger partial charge in [0.05, 0.1) is 22.5 Å². The van der Waals surface area contributed by atoms with Crippen LogP contribution in [0, 0.1) is 0 Å². The highest BCUT2D eigenvalue weighted by atomic mass is 32.2. The summed E-state index contributed by atoms with van der Waals surface area (Å²) in [6, 6.07) is 14.5.